The normalized spacial score (nSPS) is 18.9. The Bertz CT molecular complexity index is 829. The van der Waals surface area contributed by atoms with Crippen LogP contribution in [0.25, 0.3) is 0 Å². The molecule has 2 heterocycles. The van der Waals surface area contributed by atoms with E-state index in [1.54, 1.807) is 6.07 Å². The third kappa shape index (κ3) is 3.89. The van der Waals surface area contributed by atoms with Crippen molar-refractivity contribution in [3.05, 3.63) is 59.7 Å². The lowest BCUT2D eigenvalue weighted by molar-refractivity contribution is -0.134. The highest BCUT2D eigenvalue weighted by molar-refractivity contribution is 6.01. The predicted octanol–water partition coefficient (Wildman–Crippen LogP) is 2.93. The van der Waals surface area contributed by atoms with Gasteiger partial charge in [-0.25, -0.2) is 0 Å². The summed E-state index contributed by atoms with van der Waals surface area (Å²) in [5.74, 6) is 0.588. The van der Waals surface area contributed by atoms with Crippen LogP contribution in [0.2, 0.25) is 0 Å². The van der Waals surface area contributed by atoms with Crippen LogP contribution in [0.15, 0.2) is 48.5 Å². The zero-order valence-electron chi connectivity index (χ0n) is 15.1. The Morgan fingerprint density at radius 2 is 1.74 bits per heavy atom. The number of nitrogens with one attached hydrogen (secondary N) is 2. The Morgan fingerprint density at radius 1 is 1.00 bits per heavy atom. The number of anilines is 1. The van der Waals surface area contributed by atoms with Crippen LogP contribution in [-0.2, 0) is 4.79 Å². The standard InChI is InChI=1S/C21H23N3O3/c25-19(24-12-4-1-5-13-24)14-27-16-10-8-15(9-11-16)20-22-18-7-3-2-6-17(18)21(26)23-20/h2-3,6-11,20,22H,1,4-5,12-14H2,(H,23,26)/t20-/m0/s1. The fourth-order valence-corrected chi connectivity index (χ4v) is 3.51. The van der Waals surface area contributed by atoms with Gasteiger partial charge < -0.3 is 20.3 Å². The summed E-state index contributed by atoms with van der Waals surface area (Å²) in [5, 5.41) is 6.27. The Labute approximate surface area is 158 Å². The summed E-state index contributed by atoms with van der Waals surface area (Å²) in [7, 11) is 0. The SMILES string of the molecule is O=C1N[C@@H](c2ccc(OCC(=O)N3CCCCC3)cc2)Nc2ccccc21. The average molecular weight is 365 g/mol. The van der Waals surface area contributed by atoms with Crippen LogP contribution >= 0.6 is 0 Å². The van der Waals surface area contributed by atoms with Crippen molar-refractivity contribution in [2.45, 2.75) is 25.4 Å². The number of amides is 2. The third-order valence-corrected chi connectivity index (χ3v) is 5.03. The van der Waals surface area contributed by atoms with Crippen molar-refractivity contribution in [1.29, 1.82) is 0 Å². The summed E-state index contributed by atoms with van der Waals surface area (Å²) >= 11 is 0. The van der Waals surface area contributed by atoms with Gasteiger partial charge in [-0.2, -0.15) is 0 Å². The topological polar surface area (TPSA) is 70.7 Å². The molecule has 0 saturated carbocycles. The Morgan fingerprint density at radius 3 is 2.52 bits per heavy atom. The van der Waals surface area contributed by atoms with Crippen LogP contribution in [0.5, 0.6) is 5.75 Å². The lowest BCUT2D eigenvalue weighted by Gasteiger charge is -2.28. The molecule has 2 amide bonds. The first-order valence-electron chi connectivity index (χ1n) is 9.38. The lowest BCUT2D eigenvalue weighted by atomic mass is 10.1. The molecule has 1 fully saturated rings. The summed E-state index contributed by atoms with van der Waals surface area (Å²) < 4.78 is 5.64. The number of piperidine rings is 1. The van der Waals surface area contributed by atoms with Gasteiger partial charge in [0.2, 0.25) is 0 Å². The monoisotopic (exact) mass is 365 g/mol. The molecule has 4 rings (SSSR count). The van der Waals surface area contributed by atoms with Gasteiger partial charge in [-0.1, -0.05) is 24.3 Å². The van der Waals surface area contributed by atoms with Gasteiger partial charge in [-0.05, 0) is 49.1 Å². The number of hydrogen-bond acceptors (Lipinski definition) is 4. The molecule has 6 heteroatoms. The van der Waals surface area contributed by atoms with Crippen LogP contribution in [0.1, 0.15) is 41.3 Å². The van der Waals surface area contributed by atoms with Crippen molar-refractivity contribution < 1.29 is 14.3 Å². The van der Waals surface area contributed by atoms with Gasteiger partial charge in [0.05, 0.1) is 5.56 Å². The highest BCUT2D eigenvalue weighted by Crippen LogP contribution is 2.27. The number of carbonyl (C=O) groups is 2. The molecular formula is C21H23N3O3. The summed E-state index contributed by atoms with van der Waals surface area (Å²) in [4.78, 5) is 26.3. The number of benzene rings is 2. The van der Waals surface area contributed by atoms with E-state index < -0.39 is 0 Å². The molecule has 2 aliphatic rings. The molecule has 0 radical (unpaired) electrons. The second kappa shape index (κ2) is 7.70. The highest BCUT2D eigenvalue weighted by atomic mass is 16.5. The maximum atomic E-state index is 12.2. The number of carbonyl (C=O) groups excluding carboxylic acids is 2. The van der Waals surface area contributed by atoms with Gasteiger partial charge in [-0.3, -0.25) is 9.59 Å². The van der Waals surface area contributed by atoms with E-state index in [0.29, 0.717) is 11.3 Å². The van der Waals surface area contributed by atoms with E-state index in [0.717, 1.165) is 37.2 Å². The number of ether oxygens (including phenoxy) is 1. The van der Waals surface area contributed by atoms with Crippen LogP contribution < -0.4 is 15.4 Å². The van der Waals surface area contributed by atoms with E-state index >= 15 is 0 Å². The Balaban J connectivity index is 1.36. The summed E-state index contributed by atoms with van der Waals surface area (Å²) in [6, 6.07) is 14.9. The van der Waals surface area contributed by atoms with Gasteiger partial charge >= 0.3 is 0 Å². The maximum Gasteiger partial charge on any atom is 0.260 e. The first-order valence-corrected chi connectivity index (χ1v) is 9.38. The average Bonchev–Trinajstić information content (AvgIpc) is 2.73. The molecule has 2 N–H and O–H groups in total. The lowest BCUT2D eigenvalue weighted by Crippen LogP contribution is -2.38. The fraction of sp³-hybridized carbons (Fsp3) is 0.333. The van der Waals surface area contributed by atoms with Crippen LogP contribution in [0, 0.1) is 0 Å². The zero-order valence-corrected chi connectivity index (χ0v) is 15.1. The molecule has 1 saturated heterocycles. The predicted molar refractivity (Wildman–Crippen MR) is 103 cm³/mol. The maximum absolute atomic E-state index is 12.2. The molecule has 0 spiro atoms. The van der Waals surface area contributed by atoms with Gasteiger partial charge in [0, 0.05) is 18.8 Å². The minimum Gasteiger partial charge on any atom is -0.484 e. The van der Waals surface area contributed by atoms with Crippen molar-refractivity contribution in [3.63, 3.8) is 0 Å². The first kappa shape index (κ1) is 17.4. The van der Waals surface area contributed by atoms with E-state index in [1.807, 2.05) is 47.4 Å². The molecule has 6 nitrogen and oxygen atoms in total. The minimum absolute atomic E-state index is 0.0385. The fourth-order valence-electron chi connectivity index (χ4n) is 3.51. The largest absolute Gasteiger partial charge is 0.484 e. The second-order valence-corrected chi connectivity index (χ2v) is 6.90. The molecule has 0 aromatic heterocycles. The van der Waals surface area contributed by atoms with Crippen molar-refractivity contribution in [3.8, 4) is 5.75 Å². The van der Waals surface area contributed by atoms with Crippen molar-refractivity contribution in [1.82, 2.24) is 10.2 Å². The number of nitrogens with zero attached hydrogens (tertiary/aromatic N) is 1. The third-order valence-electron chi connectivity index (χ3n) is 5.03. The van der Waals surface area contributed by atoms with E-state index in [-0.39, 0.29) is 24.6 Å². The molecular weight excluding hydrogens is 342 g/mol. The number of hydrogen-bond donors (Lipinski definition) is 2. The summed E-state index contributed by atoms with van der Waals surface area (Å²) in [5.41, 5.74) is 2.39. The zero-order chi connectivity index (χ0) is 18.6. The van der Waals surface area contributed by atoms with Crippen LogP contribution in [0.3, 0.4) is 0 Å². The minimum atomic E-state index is -0.295. The van der Waals surface area contributed by atoms with Crippen LogP contribution in [0.4, 0.5) is 5.69 Å². The molecule has 2 aromatic carbocycles. The van der Waals surface area contributed by atoms with Crippen molar-refractivity contribution >= 4 is 17.5 Å². The van der Waals surface area contributed by atoms with E-state index in [4.69, 9.17) is 4.74 Å². The number of rotatable bonds is 4. The molecule has 2 aliphatic heterocycles. The summed E-state index contributed by atoms with van der Waals surface area (Å²) in [6.07, 6.45) is 3.05. The van der Waals surface area contributed by atoms with E-state index in [9.17, 15) is 9.59 Å². The molecule has 0 bridgehead atoms. The van der Waals surface area contributed by atoms with E-state index in [1.165, 1.54) is 6.42 Å². The Hall–Kier alpha value is -3.02. The number of fused-ring (bicyclic) bond motifs is 1. The quantitative estimate of drug-likeness (QED) is 0.874. The van der Waals surface area contributed by atoms with Crippen LogP contribution in [-0.4, -0.2) is 36.4 Å². The molecule has 140 valence electrons. The van der Waals surface area contributed by atoms with Gasteiger partial charge in [0.25, 0.3) is 11.8 Å². The van der Waals surface area contributed by atoms with Gasteiger partial charge in [-0.15, -0.1) is 0 Å². The molecule has 0 aliphatic carbocycles. The van der Waals surface area contributed by atoms with Crippen molar-refractivity contribution in [2.75, 3.05) is 25.0 Å². The van der Waals surface area contributed by atoms with E-state index in [2.05, 4.69) is 10.6 Å². The molecule has 0 unspecified atom stereocenters. The summed E-state index contributed by atoms with van der Waals surface area (Å²) in [6.45, 7) is 1.72. The second-order valence-electron chi connectivity index (χ2n) is 6.90. The molecule has 27 heavy (non-hydrogen) atoms. The van der Waals surface area contributed by atoms with Crippen molar-refractivity contribution in [2.24, 2.45) is 0 Å². The Kier molecular flexibility index (Phi) is 4.96. The molecule has 1 atom stereocenters. The van der Waals surface area contributed by atoms with Gasteiger partial charge in [0.15, 0.2) is 6.61 Å². The highest BCUT2D eigenvalue weighted by Gasteiger charge is 2.24. The number of para-hydroxylation sites is 1. The first-order chi connectivity index (χ1) is 13.2. The van der Waals surface area contributed by atoms with Gasteiger partial charge in [0.1, 0.15) is 11.9 Å². The molecule has 2 aromatic rings. The smallest absolute Gasteiger partial charge is 0.260 e. The number of likely N-dealkylation sites (tertiary alicyclic amines) is 1.